The molecular formula is C18H18. The fraction of sp³-hybridized carbons (Fsp3) is 0.111. The van der Waals surface area contributed by atoms with Crippen LogP contribution in [0.5, 0.6) is 0 Å². The van der Waals surface area contributed by atoms with Crippen molar-refractivity contribution >= 4 is 0 Å². The Morgan fingerprint density at radius 1 is 0.778 bits per heavy atom. The molecule has 0 aliphatic heterocycles. The van der Waals surface area contributed by atoms with Gasteiger partial charge >= 0.3 is 0 Å². The van der Waals surface area contributed by atoms with Crippen LogP contribution in [0.15, 0.2) is 97.2 Å². The number of rotatable bonds is 4. The van der Waals surface area contributed by atoms with Gasteiger partial charge in [0, 0.05) is 11.8 Å². The topological polar surface area (TPSA) is 0 Å². The Morgan fingerprint density at radius 2 is 1.22 bits per heavy atom. The Kier molecular flexibility index (Phi) is 4.14. The van der Waals surface area contributed by atoms with E-state index in [-0.39, 0.29) is 0 Å². The van der Waals surface area contributed by atoms with E-state index in [0.29, 0.717) is 11.8 Å². The van der Waals surface area contributed by atoms with Crippen molar-refractivity contribution in [2.75, 3.05) is 0 Å². The summed E-state index contributed by atoms with van der Waals surface area (Å²) in [6.45, 7) is 7.44. The first kappa shape index (κ1) is 12.4. The Labute approximate surface area is 109 Å². The Morgan fingerprint density at radius 3 is 1.61 bits per heavy atom. The fourth-order valence-corrected chi connectivity index (χ4v) is 2.23. The van der Waals surface area contributed by atoms with Crippen LogP contribution in [0, 0.1) is 11.8 Å². The smallest absolute Gasteiger partial charge is 0.00569 e. The maximum Gasteiger partial charge on any atom is 0.00569 e. The monoisotopic (exact) mass is 234 g/mol. The summed E-state index contributed by atoms with van der Waals surface area (Å²) >= 11 is 0. The quantitative estimate of drug-likeness (QED) is 0.619. The Bertz CT molecular complexity index is 456. The molecular weight excluding hydrogens is 216 g/mol. The summed E-state index contributed by atoms with van der Waals surface area (Å²) in [4.78, 5) is 0. The zero-order chi connectivity index (χ0) is 12.8. The maximum atomic E-state index is 3.72. The van der Waals surface area contributed by atoms with E-state index in [2.05, 4.69) is 61.8 Å². The fourth-order valence-electron chi connectivity index (χ4n) is 2.23. The van der Waals surface area contributed by atoms with Gasteiger partial charge < -0.3 is 0 Å². The highest BCUT2D eigenvalue weighted by atomic mass is 14.2. The SMILES string of the molecule is C=C/C=C\C1=CC2C=CC=CC2C=C1/C=C\C=C. The van der Waals surface area contributed by atoms with Crippen molar-refractivity contribution < 1.29 is 0 Å². The van der Waals surface area contributed by atoms with Gasteiger partial charge in [-0.05, 0) is 11.1 Å². The highest BCUT2D eigenvalue weighted by Crippen LogP contribution is 2.32. The van der Waals surface area contributed by atoms with E-state index < -0.39 is 0 Å². The molecule has 0 radical (unpaired) electrons. The molecule has 2 rings (SSSR count). The third-order valence-corrected chi connectivity index (χ3v) is 3.12. The molecule has 2 aliphatic rings. The van der Waals surface area contributed by atoms with Gasteiger partial charge in [0.1, 0.15) is 0 Å². The van der Waals surface area contributed by atoms with Gasteiger partial charge in [-0.25, -0.2) is 0 Å². The minimum absolute atomic E-state index is 0.473. The molecule has 0 fully saturated rings. The molecule has 0 saturated heterocycles. The van der Waals surface area contributed by atoms with Crippen LogP contribution in [0.2, 0.25) is 0 Å². The lowest BCUT2D eigenvalue weighted by Crippen LogP contribution is -2.13. The molecule has 0 nitrogen and oxygen atoms in total. The summed E-state index contributed by atoms with van der Waals surface area (Å²) in [6, 6.07) is 0. The largest absolute Gasteiger partial charge is 0.0991 e. The number of hydrogen-bond donors (Lipinski definition) is 0. The summed E-state index contributed by atoms with van der Waals surface area (Å²) in [5, 5.41) is 0. The third-order valence-electron chi connectivity index (χ3n) is 3.12. The van der Waals surface area contributed by atoms with Gasteiger partial charge in [0.15, 0.2) is 0 Å². The average molecular weight is 234 g/mol. The molecule has 0 aromatic carbocycles. The van der Waals surface area contributed by atoms with Crippen LogP contribution < -0.4 is 0 Å². The molecule has 90 valence electrons. The zero-order valence-corrected chi connectivity index (χ0v) is 10.5. The zero-order valence-electron chi connectivity index (χ0n) is 10.5. The predicted molar refractivity (Wildman–Crippen MR) is 80.1 cm³/mol. The molecule has 18 heavy (non-hydrogen) atoms. The van der Waals surface area contributed by atoms with E-state index in [1.165, 1.54) is 11.1 Å². The minimum Gasteiger partial charge on any atom is -0.0991 e. The first-order valence-electron chi connectivity index (χ1n) is 6.22. The molecule has 0 aromatic rings. The van der Waals surface area contributed by atoms with Gasteiger partial charge in [-0.1, -0.05) is 86.1 Å². The first-order valence-corrected chi connectivity index (χ1v) is 6.22. The van der Waals surface area contributed by atoms with Crippen LogP contribution in [0.1, 0.15) is 0 Å². The van der Waals surface area contributed by atoms with Crippen LogP contribution in [0.4, 0.5) is 0 Å². The molecule has 2 atom stereocenters. The van der Waals surface area contributed by atoms with Crippen LogP contribution >= 0.6 is 0 Å². The lowest BCUT2D eigenvalue weighted by Gasteiger charge is -2.25. The molecule has 0 amide bonds. The molecule has 2 unspecified atom stereocenters. The van der Waals surface area contributed by atoms with Crippen molar-refractivity contribution in [3.63, 3.8) is 0 Å². The van der Waals surface area contributed by atoms with Gasteiger partial charge in [-0.3, -0.25) is 0 Å². The van der Waals surface area contributed by atoms with Crippen molar-refractivity contribution in [1.82, 2.24) is 0 Å². The molecule has 0 bridgehead atoms. The molecule has 0 saturated carbocycles. The minimum atomic E-state index is 0.473. The third kappa shape index (κ3) is 2.78. The van der Waals surface area contributed by atoms with Crippen molar-refractivity contribution in [3.05, 3.63) is 97.2 Å². The molecule has 2 aliphatic carbocycles. The second kappa shape index (κ2) is 6.02. The summed E-state index contributed by atoms with van der Waals surface area (Å²) in [7, 11) is 0. The standard InChI is InChI=1S/C18H18/c1-3-5-9-15-13-17-11-7-8-12-18(17)14-16(15)10-6-4-2/h3-14,17-18H,1-2H2/b9-5-,10-6-. The summed E-state index contributed by atoms with van der Waals surface area (Å²) in [5.74, 6) is 0.945. The van der Waals surface area contributed by atoms with Crippen molar-refractivity contribution in [2.45, 2.75) is 0 Å². The van der Waals surface area contributed by atoms with E-state index in [1.807, 2.05) is 12.2 Å². The molecule has 0 heteroatoms. The Balaban J connectivity index is 2.33. The highest BCUT2D eigenvalue weighted by molar-refractivity contribution is 5.52. The summed E-state index contributed by atoms with van der Waals surface area (Å²) in [5.41, 5.74) is 2.49. The van der Waals surface area contributed by atoms with Crippen LogP contribution in [-0.4, -0.2) is 0 Å². The van der Waals surface area contributed by atoms with Gasteiger partial charge in [-0.15, -0.1) is 0 Å². The number of hydrogen-bond acceptors (Lipinski definition) is 0. The lowest BCUT2D eigenvalue weighted by atomic mass is 9.79. The first-order chi connectivity index (χ1) is 8.85. The normalized spacial score (nSPS) is 26.0. The molecule has 0 N–H and O–H groups in total. The summed E-state index contributed by atoms with van der Waals surface area (Å²) in [6.07, 6.45) is 25.1. The van der Waals surface area contributed by atoms with Crippen molar-refractivity contribution in [1.29, 1.82) is 0 Å². The van der Waals surface area contributed by atoms with E-state index in [4.69, 9.17) is 0 Å². The van der Waals surface area contributed by atoms with Crippen molar-refractivity contribution in [3.8, 4) is 0 Å². The Hall–Kier alpha value is -2.08. The molecule has 0 aromatic heterocycles. The molecule has 0 heterocycles. The highest BCUT2D eigenvalue weighted by Gasteiger charge is 2.20. The van der Waals surface area contributed by atoms with E-state index in [0.717, 1.165) is 0 Å². The predicted octanol–water partition coefficient (Wildman–Crippen LogP) is 4.70. The van der Waals surface area contributed by atoms with E-state index in [1.54, 1.807) is 12.2 Å². The molecule has 0 spiro atoms. The second-order valence-corrected chi connectivity index (χ2v) is 4.36. The van der Waals surface area contributed by atoms with Gasteiger partial charge in [0.05, 0.1) is 0 Å². The van der Waals surface area contributed by atoms with Crippen LogP contribution in [0.3, 0.4) is 0 Å². The lowest BCUT2D eigenvalue weighted by molar-refractivity contribution is 0.652. The van der Waals surface area contributed by atoms with Gasteiger partial charge in [-0.2, -0.15) is 0 Å². The number of fused-ring (bicyclic) bond motifs is 1. The van der Waals surface area contributed by atoms with Crippen LogP contribution in [-0.2, 0) is 0 Å². The van der Waals surface area contributed by atoms with E-state index >= 15 is 0 Å². The van der Waals surface area contributed by atoms with E-state index in [9.17, 15) is 0 Å². The van der Waals surface area contributed by atoms with Gasteiger partial charge in [0.25, 0.3) is 0 Å². The number of allylic oxidation sites excluding steroid dienone is 14. The van der Waals surface area contributed by atoms with Crippen molar-refractivity contribution in [2.24, 2.45) is 11.8 Å². The maximum absolute atomic E-state index is 3.72. The van der Waals surface area contributed by atoms with Crippen LogP contribution in [0.25, 0.3) is 0 Å². The second-order valence-electron chi connectivity index (χ2n) is 4.36. The van der Waals surface area contributed by atoms with Gasteiger partial charge in [0.2, 0.25) is 0 Å². The summed E-state index contributed by atoms with van der Waals surface area (Å²) < 4.78 is 0. The average Bonchev–Trinajstić information content (AvgIpc) is 2.42.